The average Bonchev–Trinajstić information content (AvgIpc) is 2.76. The van der Waals surface area contributed by atoms with E-state index in [4.69, 9.17) is 9.79 Å². The summed E-state index contributed by atoms with van der Waals surface area (Å²) in [6.07, 6.45) is -1.32. The number of phosphoric acid groups is 1. The van der Waals surface area contributed by atoms with Gasteiger partial charge >= 0.3 is 7.82 Å². The van der Waals surface area contributed by atoms with Crippen LogP contribution in [0.1, 0.15) is 23.6 Å². The number of halogens is 4. The van der Waals surface area contributed by atoms with Crippen LogP contribution < -0.4 is 5.32 Å². The number of carbonyl (C=O) groups is 1. The van der Waals surface area contributed by atoms with E-state index in [-0.39, 0.29) is 20.5 Å². The van der Waals surface area contributed by atoms with Crippen molar-refractivity contribution in [1.82, 2.24) is 9.78 Å². The van der Waals surface area contributed by atoms with Gasteiger partial charge in [0.25, 0.3) is 5.91 Å². The van der Waals surface area contributed by atoms with Crippen LogP contribution in [0.3, 0.4) is 0 Å². The zero-order valence-corrected chi connectivity index (χ0v) is 16.3. The lowest BCUT2D eigenvalue weighted by atomic mass is 10.3. The Morgan fingerprint density at radius 1 is 1.40 bits per heavy atom. The smallest absolute Gasteiger partial charge is 0.318 e. The van der Waals surface area contributed by atoms with E-state index in [0.29, 0.717) is 6.07 Å². The van der Waals surface area contributed by atoms with Crippen molar-refractivity contribution < 1.29 is 32.5 Å². The van der Waals surface area contributed by atoms with Gasteiger partial charge in [-0.2, -0.15) is 5.10 Å². The Morgan fingerprint density at radius 3 is 2.60 bits per heavy atom. The molecular formula is C12H10Br2F2N3O5P. The second-order valence-corrected chi connectivity index (χ2v) is 7.41. The molecule has 0 aliphatic carbocycles. The molecule has 2 aromatic rings. The number of hydrogen-bond acceptors (Lipinski definition) is 4. The van der Waals surface area contributed by atoms with Crippen molar-refractivity contribution in [3.8, 4) is 0 Å². The van der Waals surface area contributed by atoms with Crippen molar-refractivity contribution in [3.63, 3.8) is 0 Å². The highest BCUT2D eigenvalue weighted by Gasteiger charge is 2.28. The van der Waals surface area contributed by atoms with Gasteiger partial charge in [0.15, 0.2) is 6.23 Å². The van der Waals surface area contributed by atoms with Crippen LogP contribution >= 0.6 is 39.7 Å². The third-order valence-corrected chi connectivity index (χ3v) is 5.26. The fourth-order valence-corrected chi connectivity index (χ4v) is 3.16. The molecule has 3 N–H and O–H groups in total. The molecule has 136 valence electrons. The molecule has 8 nitrogen and oxygen atoms in total. The Morgan fingerprint density at radius 2 is 2.04 bits per heavy atom. The lowest BCUT2D eigenvalue weighted by Crippen LogP contribution is -2.22. The topological polar surface area (TPSA) is 114 Å². The Bertz CT molecular complexity index is 873. The minimum Gasteiger partial charge on any atom is -0.318 e. The number of hydrogen-bond donors (Lipinski definition) is 3. The van der Waals surface area contributed by atoms with Crippen LogP contribution in [-0.2, 0) is 9.09 Å². The van der Waals surface area contributed by atoms with Gasteiger partial charge in [-0.3, -0.25) is 9.32 Å². The second-order valence-electron chi connectivity index (χ2n) is 4.67. The quantitative estimate of drug-likeness (QED) is 0.536. The van der Waals surface area contributed by atoms with Gasteiger partial charge in [-0.25, -0.2) is 18.0 Å². The first-order valence-electron chi connectivity index (χ1n) is 6.43. The van der Waals surface area contributed by atoms with Gasteiger partial charge in [-0.1, -0.05) is 0 Å². The molecule has 1 heterocycles. The summed E-state index contributed by atoms with van der Waals surface area (Å²) in [5, 5.41) is 6.12. The van der Waals surface area contributed by atoms with Crippen LogP contribution in [0.5, 0.6) is 0 Å². The maximum atomic E-state index is 13.7. The molecule has 2 rings (SSSR count). The van der Waals surface area contributed by atoms with Gasteiger partial charge in [-0.15, -0.1) is 0 Å². The Labute approximate surface area is 156 Å². The van der Waals surface area contributed by atoms with E-state index in [9.17, 15) is 18.1 Å². The molecule has 0 fully saturated rings. The Kier molecular flexibility index (Phi) is 6.13. The van der Waals surface area contributed by atoms with Gasteiger partial charge in [0.2, 0.25) is 0 Å². The summed E-state index contributed by atoms with van der Waals surface area (Å²) < 4.78 is 43.3. The van der Waals surface area contributed by atoms with E-state index in [1.807, 2.05) is 0 Å². The molecule has 0 bridgehead atoms. The fraction of sp³-hybridized carbons (Fsp3) is 0.167. The number of rotatable bonds is 5. The van der Waals surface area contributed by atoms with Crippen LogP contribution in [0, 0.1) is 11.6 Å². The molecular weight excluding hydrogens is 495 g/mol. The van der Waals surface area contributed by atoms with Crippen LogP contribution in [0.25, 0.3) is 0 Å². The summed E-state index contributed by atoms with van der Waals surface area (Å²) in [5.74, 6) is -2.67. The number of benzene rings is 1. The van der Waals surface area contributed by atoms with E-state index in [0.717, 1.165) is 16.8 Å². The van der Waals surface area contributed by atoms with Crippen molar-refractivity contribution >= 4 is 51.3 Å². The first-order chi connectivity index (χ1) is 11.5. The monoisotopic (exact) mass is 503 g/mol. The normalized spacial score (nSPS) is 12.9. The van der Waals surface area contributed by atoms with Crippen LogP contribution in [0.4, 0.5) is 14.5 Å². The van der Waals surface area contributed by atoms with Gasteiger partial charge in [0, 0.05) is 6.07 Å². The molecule has 0 saturated carbocycles. The molecule has 1 aromatic heterocycles. The maximum absolute atomic E-state index is 13.7. The molecule has 0 spiro atoms. The number of amides is 1. The Hall–Kier alpha value is -1.17. The largest absolute Gasteiger partial charge is 0.471 e. The van der Waals surface area contributed by atoms with E-state index in [1.165, 1.54) is 6.92 Å². The summed E-state index contributed by atoms with van der Waals surface area (Å²) in [6, 6.07) is 2.58. The molecule has 1 atom stereocenters. The lowest BCUT2D eigenvalue weighted by Gasteiger charge is -2.16. The lowest BCUT2D eigenvalue weighted by molar-refractivity contribution is 0.0801. The van der Waals surface area contributed by atoms with Crippen molar-refractivity contribution in [1.29, 1.82) is 0 Å². The number of phosphoric ester groups is 1. The first-order valence-corrected chi connectivity index (χ1v) is 9.55. The summed E-state index contributed by atoms with van der Waals surface area (Å²) in [4.78, 5) is 30.2. The van der Waals surface area contributed by atoms with E-state index in [2.05, 4.69) is 46.8 Å². The summed E-state index contributed by atoms with van der Waals surface area (Å²) >= 11 is 6.16. The number of aromatic nitrogens is 2. The van der Waals surface area contributed by atoms with Crippen molar-refractivity contribution in [2.75, 3.05) is 5.32 Å². The third kappa shape index (κ3) is 4.93. The predicted octanol–water partition coefficient (Wildman–Crippen LogP) is 3.57. The maximum Gasteiger partial charge on any atom is 0.471 e. The number of nitrogens with one attached hydrogen (secondary N) is 1. The third-order valence-electron chi connectivity index (χ3n) is 2.84. The molecule has 13 heteroatoms. The van der Waals surface area contributed by atoms with E-state index < -0.39 is 31.6 Å². The SMILES string of the molecule is CC(OP(=O)(O)O)n1nc(Br)c(Br)c1C(=O)Nc1ccc(F)cc1F. The highest BCUT2D eigenvalue weighted by Crippen LogP contribution is 2.41. The highest BCUT2D eigenvalue weighted by atomic mass is 79.9. The summed E-state index contributed by atoms with van der Waals surface area (Å²) in [6.45, 7) is 1.25. The van der Waals surface area contributed by atoms with Crippen molar-refractivity contribution in [3.05, 3.63) is 44.6 Å². The molecule has 25 heavy (non-hydrogen) atoms. The van der Waals surface area contributed by atoms with Gasteiger partial charge in [0.05, 0.1) is 10.2 Å². The van der Waals surface area contributed by atoms with Gasteiger partial charge in [0.1, 0.15) is 21.9 Å². The molecule has 1 amide bonds. The Balaban J connectivity index is 2.37. The molecule has 0 aliphatic rings. The minimum absolute atomic E-state index is 0.147. The van der Waals surface area contributed by atoms with Crippen LogP contribution in [0.15, 0.2) is 27.3 Å². The number of nitrogens with zero attached hydrogens (tertiary/aromatic N) is 2. The predicted molar refractivity (Wildman–Crippen MR) is 89.8 cm³/mol. The average molecular weight is 505 g/mol. The van der Waals surface area contributed by atoms with Gasteiger partial charge in [-0.05, 0) is 50.9 Å². The van der Waals surface area contributed by atoms with Crippen molar-refractivity contribution in [2.24, 2.45) is 0 Å². The first kappa shape index (κ1) is 20.1. The zero-order valence-electron chi connectivity index (χ0n) is 12.3. The number of anilines is 1. The van der Waals surface area contributed by atoms with Crippen LogP contribution in [-0.4, -0.2) is 25.5 Å². The standard InChI is InChI=1S/C12H10Br2F2N3O5P/c1-5(24-25(21,22)23)19-10(9(13)11(14)18-19)12(20)17-8-3-2-6(15)4-7(8)16/h2-5H,1H3,(H,17,20)(H2,21,22,23). The molecule has 1 aromatic carbocycles. The zero-order chi connectivity index (χ0) is 18.9. The molecule has 1 unspecified atom stereocenters. The summed E-state index contributed by atoms with van der Waals surface area (Å²) in [5.41, 5.74) is -0.484. The van der Waals surface area contributed by atoms with E-state index in [1.54, 1.807) is 0 Å². The minimum atomic E-state index is -4.85. The van der Waals surface area contributed by atoms with Gasteiger partial charge < -0.3 is 15.1 Å². The molecule has 0 saturated heterocycles. The highest BCUT2D eigenvalue weighted by molar-refractivity contribution is 9.13. The number of carbonyl (C=O) groups excluding carboxylic acids is 1. The molecule has 0 aliphatic heterocycles. The van der Waals surface area contributed by atoms with Crippen LogP contribution in [0.2, 0.25) is 0 Å². The molecule has 0 radical (unpaired) electrons. The van der Waals surface area contributed by atoms with Crippen molar-refractivity contribution in [2.45, 2.75) is 13.2 Å². The fourth-order valence-electron chi connectivity index (χ4n) is 1.87. The summed E-state index contributed by atoms with van der Waals surface area (Å²) in [7, 11) is -4.85. The van der Waals surface area contributed by atoms with E-state index >= 15 is 0 Å². The second kappa shape index (κ2) is 7.60.